The first-order valence-corrected chi connectivity index (χ1v) is 5.63. The Morgan fingerprint density at radius 1 is 1.47 bits per heavy atom. The third kappa shape index (κ3) is 6.44. The minimum absolute atomic E-state index is 0.0706. The molecule has 15 heavy (non-hydrogen) atoms. The molecule has 0 spiro atoms. The normalized spacial score (nSPS) is 13.5. The van der Waals surface area contributed by atoms with Crippen molar-refractivity contribution in [1.29, 1.82) is 0 Å². The molecule has 0 saturated carbocycles. The van der Waals surface area contributed by atoms with Crippen molar-refractivity contribution in [2.75, 3.05) is 6.26 Å². The Kier molecular flexibility index (Phi) is 4.72. The maximum Gasteiger partial charge on any atom is 0.306 e. The minimum atomic E-state index is -3.64. The smallest absolute Gasteiger partial charge is 0.306 e. The second-order valence-corrected chi connectivity index (χ2v) is 4.20. The molecule has 0 aromatic rings. The molecule has 0 atom stereocenters. The van der Waals surface area contributed by atoms with Crippen molar-refractivity contribution in [3.63, 3.8) is 0 Å². The average molecular weight is 233 g/mol. The Hall–Kier alpha value is -1.63. The lowest BCUT2D eigenvalue weighted by Crippen LogP contribution is -2.01. The zero-order valence-electron chi connectivity index (χ0n) is 8.34. The quantitative estimate of drug-likeness (QED) is 0.234. The van der Waals surface area contributed by atoms with E-state index in [-0.39, 0.29) is 11.5 Å². The van der Waals surface area contributed by atoms with Crippen LogP contribution < -0.4 is 0 Å². The molecule has 0 aromatic carbocycles. The van der Waals surface area contributed by atoms with E-state index in [4.69, 9.17) is 0 Å². The fourth-order valence-electron chi connectivity index (χ4n) is 0.568. The summed E-state index contributed by atoms with van der Waals surface area (Å²) in [5.41, 5.74) is -0.133. The molecule has 84 valence electrons. The van der Waals surface area contributed by atoms with Gasteiger partial charge in [0.25, 0.3) is 0 Å². The summed E-state index contributed by atoms with van der Waals surface area (Å²) in [6.45, 7) is 4.59. The van der Waals surface area contributed by atoms with Crippen molar-refractivity contribution in [1.82, 2.24) is 0 Å². The third-order valence-electron chi connectivity index (χ3n) is 1.23. The molecule has 7 heteroatoms. The van der Waals surface area contributed by atoms with E-state index in [1.807, 2.05) is 0 Å². The lowest BCUT2D eigenvalue weighted by Gasteiger charge is -2.00. The molecular formula is C8H11NO5S. The van der Waals surface area contributed by atoms with Crippen LogP contribution in [0.15, 0.2) is 36.3 Å². The predicted molar refractivity (Wildman–Crippen MR) is 55.0 cm³/mol. The molecule has 0 saturated heterocycles. The highest BCUT2D eigenvalue weighted by atomic mass is 32.2. The van der Waals surface area contributed by atoms with Gasteiger partial charge in [0.1, 0.15) is 5.76 Å². The first-order valence-electron chi connectivity index (χ1n) is 3.81. The van der Waals surface area contributed by atoms with Crippen LogP contribution in [0.1, 0.15) is 6.92 Å². The summed E-state index contributed by atoms with van der Waals surface area (Å²) in [6, 6.07) is 0. The predicted octanol–water partition coefficient (Wildman–Crippen LogP) is 1.21. The number of hydrogen-bond acceptors (Lipinski definition) is 5. The summed E-state index contributed by atoms with van der Waals surface area (Å²) in [5, 5.41) is 10.2. The van der Waals surface area contributed by atoms with E-state index < -0.39 is 15.0 Å². The van der Waals surface area contributed by atoms with Crippen LogP contribution >= 0.6 is 0 Å². The van der Waals surface area contributed by atoms with Crippen molar-refractivity contribution in [2.45, 2.75) is 6.92 Å². The van der Waals surface area contributed by atoms with Gasteiger partial charge in [0.15, 0.2) is 0 Å². The van der Waals surface area contributed by atoms with Gasteiger partial charge in [0.2, 0.25) is 5.70 Å². The molecule has 0 unspecified atom stereocenters. The second kappa shape index (κ2) is 5.30. The number of hydrogen-bond donors (Lipinski definition) is 0. The van der Waals surface area contributed by atoms with Gasteiger partial charge in [-0.25, -0.2) is 0 Å². The lowest BCUT2D eigenvalue weighted by atomic mass is 10.4. The highest BCUT2D eigenvalue weighted by molar-refractivity contribution is 7.86. The van der Waals surface area contributed by atoms with Crippen molar-refractivity contribution in [3.05, 3.63) is 46.4 Å². The van der Waals surface area contributed by atoms with Crippen LogP contribution in [0.4, 0.5) is 0 Å². The van der Waals surface area contributed by atoms with E-state index in [1.54, 1.807) is 0 Å². The Labute approximate surface area is 87.8 Å². The second-order valence-electron chi connectivity index (χ2n) is 2.63. The van der Waals surface area contributed by atoms with Crippen LogP contribution in [0.2, 0.25) is 0 Å². The largest absolute Gasteiger partial charge is 0.383 e. The standard InChI is InChI=1S/C8H11NO5S/c1-4-8(14-15(3,12)13)6-5-7(2)9(10)11/h4-6H,1H2,2-3H3/b7-5+,8-6+. The first kappa shape index (κ1) is 13.4. The highest BCUT2D eigenvalue weighted by Gasteiger charge is 2.04. The SMILES string of the molecule is C=C/C(=C\C=C(/C)[N+](=O)[O-])OS(C)(=O)=O. The van der Waals surface area contributed by atoms with Gasteiger partial charge in [-0.15, -0.1) is 0 Å². The van der Waals surface area contributed by atoms with Crippen LogP contribution in [-0.4, -0.2) is 19.6 Å². The van der Waals surface area contributed by atoms with E-state index >= 15 is 0 Å². The molecule has 0 N–H and O–H groups in total. The van der Waals surface area contributed by atoms with Crippen molar-refractivity contribution in [3.8, 4) is 0 Å². The summed E-state index contributed by atoms with van der Waals surface area (Å²) in [7, 11) is -3.64. The third-order valence-corrected chi connectivity index (χ3v) is 1.72. The van der Waals surface area contributed by atoms with Gasteiger partial charge in [-0.05, 0) is 12.2 Å². The van der Waals surface area contributed by atoms with Gasteiger partial charge < -0.3 is 4.18 Å². The fourth-order valence-corrected chi connectivity index (χ4v) is 1.04. The zero-order valence-corrected chi connectivity index (χ0v) is 9.15. The lowest BCUT2D eigenvalue weighted by molar-refractivity contribution is -0.424. The van der Waals surface area contributed by atoms with Gasteiger partial charge in [-0.2, -0.15) is 8.42 Å². The molecule has 6 nitrogen and oxygen atoms in total. The Bertz CT molecular complexity index is 418. The molecule has 0 aromatic heterocycles. The van der Waals surface area contributed by atoms with Crippen molar-refractivity contribution >= 4 is 10.1 Å². The van der Waals surface area contributed by atoms with Crippen LogP contribution in [0.5, 0.6) is 0 Å². The highest BCUT2D eigenvalue weighted by Crippen LogP contribution is 2.05. The topological polar surface area (TPSA) is 86.5 Å². The molecule has 0 aliphatic carbocycles. The van der Waals surface area contributed by atoms with Gasteiger partial charge in [0, 0.05) is 13.0 Å². The Balaban J connectivity index is 4.85. The Morgan fingerprint density at radius 3 is 2.33 bits per heavy atom. The van der Waals surface area contributed by atoms with Crippen LogP contribution in [-0.2, 0) is 14.3 Å². The summed E-state index contributed by atoms with van der Waals surface area (Å²) in [4.78, 5) is 9.61. The number of rotatable bonds is 5. The van der Waals surface area contributed by atoms with E-state index in [0.29, 0.717) is 0 Å². The van der Waals surface area contributed by atoms with Gasteiger partial charge in [-0.1, -0.05) is 6.58 Å². The monoisotopic (exact) mass is 233 g/mol. The first-order chi connectivity index (χ1) is 6.76. The summed E-state index contributed by atoms with van der Waals surface area (Å²) < 4.78 is 25.9. The average Bonchev–Trinajstić information content (AvgIpc) is 2.09. The zero-order chi connectivity index (χ0) is 12.1. The van der Waals surface area contributed by atoms with Crippen LogP contribution in [0.25, 0.3) is 0 Å². The molecule has 0 bridgehead atoms. The molecule has 0 radical (unpaired) electrons. The van der Waals surface area contributed by atoms with E-state index in [1.165, 1.54) is 6.92 Å². The fraction of sp³-hybridized carbons (Fsp3) is 0.250. The Morgan fingerprint density at radius 2 is 2.00 bits per heavy atom. The van der Waals surface area contributed by atoms with Gasteiger partial charge >= 0.3 is 10.1 Å². The van der Waals surface area contributed by atoms with Gasteiger partial charge in [-0.3, -0.25) is 10.1 Å². The van der Waals surface area contributed by atoms with E-state index in [2.05, 4.69) is 10.8 Å². The van der Waals surface area contributed by atoms with E-state index in [9.17, 15) is 18.5 Å². The molecule has 0 fully saturated rings. The maximum absolute atomic E-state index is 10.7. The summed E-state index contributed by atoms with van der Waals surface area (Å²) >= 11 is 0. The van der Waals surface area contributed by atoms with Crippen LogP contribution in [0, 0.1) is 10.1 Å². The van der Waals surface area contributed by atoms with Crippen molar-refractivity contribution < 1.29 is 17.5 Å². The van der Waals surface area contributed by atoms with Gasteiger partial charge in [0.05, 0.1) is 11.2 Å². The molecule has 0 heterocycles. The maximum atomic E-state index is 10.7. The molecule has 0 rings (SSSR count). The molecule has 0 aliphatic heterocycles. The molecular weight excluding hydrogens is 222 g/mol. The van der Waals surface area contributed by atoms with Crippen LogP contribution in [0.3, 0.4) is 0 Å². The molecule has 0 aliphatic rings. The number of allylic oxidation sites excluding steroid dienone is 4. The van der Waals surface area contributed by atoms with Crippen molar-refractivity contribution in [2.24, 2.45) is 0 Å². The number of nitrogens with zero attached hydrogens (tertiary/aromatic N) is 1. The minimum Gasteiger partial charge on any atom is -0.383 e. The number of nitro groups is 1. The summed E-state index contributed by atoms with van der Waals surface area (Å²) in [5.74, 6) is -0.0706. The summed E-state index contributed by atoms with van der Waals surface area (Å²) in [6.07, 6.45) is 4.30. The van der Waals surface area contributed by atoms with E-state index in [0.717, 1.165) is 24.5 Å². The molecule has 0 amide bonds.